The molecule has 0 aliphatic rings. The molecule has 0 fully saturated rings. The van der Waals surface area contributed by atoms with Gasteiger partial charge in [0.05, 0.1) is 5.56 Å². The maximum Gasteiger partial charge on any atom is 0.195 e. The molecule has 0 saturated heterocycles. The number of hydrogen-bond acceptors (Lipinski definition) is 0. The van der Waals surface area contributed by atoms with E-state index in [1.807, 2.05) is 24.3 Å². The first-order chi connectivity index (χ1) is 12.0. The molecule has 0 atom stereocenters. The summed E-state index contributed by atoms with van der Waals surface area (Å²) >= 11 is 0. The fourth-order valence-electron chi connectivity index (χ4n) is 2.95. The fraction of sp³-hybridized carbons (Fsp3) is 0.143. The molecule has 0 aromatic heterocycles. The Hall–Kier alpha value is -2.62. The van der Waals surface area contributed by atoms with Gasteiger partial charge >= 0.3 is 0 Å². The third-order valence-electron chi connectivity index (χ3n) is 4.09. The molecule has 4 heteroatoms. The van der Waals surface area contributed by atoms with E-state index in [9.17, 15) is 17.6 Å². The van der Waals surface area contributed by atoms with Gasteiger partial charge in [-0.15, -0.1) is 0 Å². The molecule has 0 amide bonds. The van der Waals surface area contributed by atoms with Crippen LogP contribution < -0.4 is 0 Å². The molecule has 128 valence electrons. The Balaban J connectivity index is 2.22. The van der Waals surface area contributed by atoms with E-state index in [4.69, 9.17) is 0 Å². The topological polar surface area (TPSA) is 0 Å². The van der Waals surface area contributed by atoms with E-state index in [0.29, 0.717) is 11.6 Å². The van der Waals surface area contributed by atoms with Gasteiger partial charge in [-0.25, -0.2) is 17.6 Å². The first kappa shape index (κ1) is 17.2. The molecule has 3 aromatic carbocycles. The summed E-state index contributed by atoms with van der Waals surface area (Å²) in [5.74, 6) is -5.87. The summed E-state index contributed by atoms with van der Waals surface area (Å²) in [6.07, 6.45) is 1.85. The van der Waals surface area contributed by atoms with Crippen LogP contribution in [0.1, 0.15) is 18.9 Å². The van der Waals surface area contributed by atoms with Gasteiger partial charge in [0, 0.05) is 6.07 Å². The number of halogens is 4. The van der Waals surface area contributed by atoms with E-state index in [2.05, 4.69) is 6.92 Å². The maximum absolute atomic E-state index is 14.2. The van der Waals surface area contributed by atoms with Gasteiger partial charge in [-0.1, -0.05) is 61.9 Å². The van der Waals surface area contributed by atoms with Gasteiger partial charge in [0.15, 0.2) is 17.5 Å². The average molecular weight is 344 g/mol. The van der Waals surface area contributed by atoms with E-state index < -0.39 is 28.8 Å². The molecular formula is C21H16F4. The summed E-state index contributed by atoms with van der Waals surface area (Å²) in [5, 5.41) is 0. The minimum atomic E-state index is -1.68. The van der Waals surface area contributed by atoms with E-state index >= 15 is 0 Å². The van der Waals surface area contributed by atoms with Gasteiger partial charge in [-0.2, -0.15) is 0 Å². The zero-order valence-corrected chi connectivity index (χ0v) is 13.6. The molecule has 3 aromatic rings. The Morgan fingerprint density at radius 2 is 1.44 bits per heavy atom. The van der Waals surface area contributed by atoms with Crippen LogP contribution >= 0.6 is 0 Å². The lowest BCUT2D eigenvalue weighted by Crippen LogP contribution is -1.99. The molecule has 0 heterocycles. The highest BCUT2D eigenvalue weighted by atomic mass is 19.2. The van der Waals surface area contributed by atoms with Gasteiger partial charge in [0.1, 0.15) is 5.82 Å². The van der Waals surface area contributed by atoms with Gasteiger partial charge in [-0.05, 0) is 28.7 Å². The van der Waals surface area contributed by atoms with Gasteiger partial charge in [0.2, 0.25) is 0 Å². The summed E-state index contributed by atoms with van der Waals surface area (Å²) in [7, 11) is 0. The second-order valence-electron chi connectivity index (χ2n) is 5.84. The van der Waals surface area contributed by atoms with E-state index in [-0.39, 0.29) is 5.56 Å². The van der Waals surface area contributed by atoms with Crippen molar-refractivity contribution in [3.05, 3.63) is 83.4 Å². The first-order valence-corrected chi connectivity index (χ1v) is 8.04. The summed E-state index contributed by atoms with van der Waals surface area (Å²) in [4.78, 5) is 0. The number of aryl methyl sites for hydroxylation is 1. The Morgan fingerprint density at radius 3 is 2.16 bits per heavy atom. The Labute approximate surface area is 143 Å². The van der Waals surface area contributed by atoms with Crippen molar-refractivity contribution in [1.29, 1.82) is 0 Å². The number of benzene rings is 3. The molecule has 0 spiro atoms. The fourth-order valence-corrected chi connectivity index (χ4v) is 2.95. The van der Waals surface area contributed by atoms with Crippen molar-refractivity contribution in [2.75, 3.05) is 0 Å². The first-order valence-electron chi connectivity index (χ1n) is 8.04. The normalized spacial score (nSPS) is 10.9. The highest BCUT2D eigenvalue weighted by Crippen LogP contribution is 2.36. The van der Waals surface area contributed by atoms with E-state index in [1.165, 1.54) is 6.07 Å². The second-order valence-corrected chi connectivity index (χ2v) is 5.84. The molecule has 3 rings (SSSR count). The minimum absolute atomic E-state index is 0.185. The SMILES string of the molecule is CCCc1cccc(-c2ccccc2-c2c(F)cc(F)c(F)c2F)c1. The van der Waals surface area contributed by atoms with Crippen LogP contribution in [0.25, 0.3) is 22.3 Å². The summed E-state index contributed by atoms with van der Waals surface area (Å²) in [5.41, 5.74) is 2.05. The molecule has 25 heavy (non-hydrogen) atoms. The number of hydrogen-bond donors (Lipinski definition) is 0. The largest absolute Gasteiger partial charge is 0.206 e. The Morgan fingerprint density at radius 1 is 0.720 bits per heavy atom. The van der Waals surface area contributed by atoms with Crippen LogP contribution in [0.4, 0.5) is 17.6 Å². The van der Waals surface area contributed by atoms with Crippen LogP contribution in [0.5, 0.6) is 0 Å². The molecule has 0 bridgehead atoms. The van der Waals surface area contributed by atoms with Crippen LogP contribution in [-0.4, -0.2) is 0 Å². The summed E-state index contributed by atoms with van der Waals surface area (Å²) < 4.78 is 55.4. The van der Waals surface area contributed by atoms with Crippen molar-refractivity contribution in [3.63, 3.8) is 0 Å². The predicted octanol–water partition coefficient (Wildman–Crippen LogP) is 6.53. The second kappa shape index (κ2) is 7.09. The zero-order chi connectivity index (χ0) is 18.0. The molecule has 0 nitrogen and oxygen atoms in total. The standard InChI is InChI=1S/C21H16F4/c1-2-6-13-7-5-8-14(11-13)15-9-3-4-10-16(15)19-17(22)12-18(23)20(24)21(19)25/h3-5,7-12H,2,6H2,1H3. The lowest BCUT2D eigenvalue weighted by molar-refractivity contribution is 0.437. The van der Waals surface area contributed by atoms with Gasteiger partial charge in [-0.3, -0.25) is 0 Å². The molecule has 0 saturated carbocycles. The van der Waals surface area contributed by atoms with Crippen LogP contribution in [0, 0.1) is 23.3 Å². The monoisotopic (exact) mass is 344 g/mol. The molecule has 0 radical (unpaired) electrons. The summed E-state index contributed by atoms with van der Waals surface area (Å²) in [6, 6.07) is 14.5. The molecule has 0 N–H and O–H groups in total. The molecule has 0 unspecified atom stereocenters. The lowest BCUT2D eigenvalue weighted by atomic mass is 9.92. The van der Waals surface area contributed by atoms with Crippen molar-refractivity contribution in [1.82, 2.24) is 0 Å². The van der Waals surface area contributed by atoms with Crippen molar-refractivity contribution in [2.45, 2.75) is 19.8 Å². The zero-order valence-electron chi connectivity index (χ0n) is 13.6. The lowest BCUT2D eigenvalue weighted by Gasteiger charge is -2.13. The molecule has 0 aliphatic heterocycles. The van der Waals surface area contributed by atoms with Crippen LogP contribution in [0.3, 0.4) is 0 Å². The highest BCUT2D eigenvalue weighted by molar-refractivity contribution is 5.84. The summed E-state index contributed by atoms with van der Waals surface area (Å²) in [6.45, 7) is 2.06. The van der Waals surface area contributed by atoms with Crippen molar-refractivity contribution >= 4 is 0 Å². The Kier molecular flexibility index (Phi) is 4.88. The highest BCUT2D eigenvalue weighted by Gasteiger charge is 2.22. The average Bonchev–Trinajstić information content (AvgIpc) is 2.61. The third kappa shape index (κ3) is 3.29. The van der Waals surface area contributed by atoms with Crippen LogP contribution in [0.2, 0.25) is 0 Å². The molecular weight excluding hydrogens is 328 g/mol. The van der Waals surface area contributed by atoms with Crippen molar-refractivity contribution in [3.8, 4) is 22.3 Å². The quantitative estimate of drug-likeness (QED) is 0.287. The molecule has 0 aliphatic carbocycles. The third-order valence-corrected chi connectivity index (χ3v) is 4.09. The number of rotatable bonds is 4. The van der Waals surface area contributed by atoms with Crippen molar-refractivity contribution < 1.29 is 17.6 Å². The minimum Gasteiger partial charge on any atom is -0.206 e. The van der Waals surface area contributed by atoms with Crippen LogP contribution in [0.15, 0.2) is 54.6 Å². The van der Waals surface area contributed by atoms with Gasteiger partial charge in [0.25, 0.3) is 0 Å². The predicted molar refractivity (Wildman–Crippen MR) is 91.1 cm³/mol. The van der Waals surface area contributed by atoms with E-state index in [1.54, 1.807) is 18.2 Å². The van der Waals surface area contributed by atoms with E-state index in [0.717, 1.165) is 24.0 Å². The smallest absolute Gasteiger partial charge is 0.195 e. The van der Waals surface area contributed by atoms with Crippen molar-refractivity contribution in [2.24, 2.45) is 0 Å². The Bertz CT molecular complexity index is 916. The van der Waals surface area contributed by atoms with Crippen LogP contribution in [-0.2, 0) is 6.42 Å². The maximum atomic E-state index is 14.2. The van der Waals surface area contributed by atoms with Gasteiger partial charge < -0.3 is 0 Å².